The summed E-state index contributed by atoms with van der Waals surface area (Å²) < 4.78 is 5.27. The Morgan fingerprint density at radius 2 is 1.77 bits per heavy atom. The Labute approximate surface area is 177 Å². The van der Waals surface area contributed by atoms with Gasteiger partial charge in [-0.2, -0.15) is 5.10 Å². The fraction of sp³-hybridized carbons (Fsp3) is 0.0909. The maximum atomic E-state index is 12.0. The summed E-state index contributed by atoms with van der Waals surface area (Å²) in [6, 6.07) is 17.2. The molecule has 1 aromatic heterocycles. The standard InChI is InChI=1S/C22H19N3O4S/c1-15-4-8-17(9-5-15)21(27)23-14-20(26)25-24-13-16-6-10-18(11-7-16)29-22(28)19-3-2-12-30-19/h2-13H,14H2,1H3,(H,23,27)(H,25,26)/b24-13-. The number of rotatable bonds is 7. The van der Waals surface area contributed by atoms with E-state index in [1.165, 1.54) is 17.6 Å². The Bertz CT molecular complexity index is 1040. The van der Waals surface area contributed by atoms with Crippen molar-refractivity contribution in [3.8, 4) is 5.75 Å². The number of nitrogens with one attached hydrogen (secondary N) is 2. The molecule has 0 aliphatic rings. The first-order valence-corrected chi connectivity index (χ1v) is 9.92. The second-order valence-electron chi connectivity index (χ2n) is 6.28. The average Bonchev–Trinajstić information content (AvgIpc) is 3.29. The summed E-state index contributed by atoms with van der Waals surface area (Å²) in [7, 11) is 0. The van der Waals surface area contributed by atoms with E-state index in [4.69, 9.17) is 4.74 Å². The number of nitrogens with zero attached hydrogens (tertiary/aromatic N) is 1. The van der Waals surface area contributed by atoms with E-state index in [-0.39, 0.29) is 12.5 Å². The summed E-state index contributed by atoms with van der Waals surface area (Å²) in [6.07, 6.45) is 1.45. The van der Waals surface area contributed by atoms with E-state index >= 15 is 0 Å². The van der Waals surface area contributed by atoms with E-state index in [1.54, 1.807) is 53.9 Å². The molecule has 0 unspecified atom stereocenters. The minimum atomic E-state index is -0.451. The van der Waals surface area contributed by atoms with Crippen LogP contribution in [0.15, 0.2) is 71.1 Å². The SMILES string of the molecule is Cc1ccc(C(=O)NCC(=O)N/N=C\c2ccc(OC(=O)c3cccs3)cc2)cc1. The van der Waals surface area contributed by atoms with Gasteiger partial charge in [0.15, 0.2) is 0 Å². The van der Waals surface area contributed by atoms with Crippen LogP contribution in [0.5, 0.6) is 5.75 Å². The lowest BCUT2D eigenvalue weighted by atomic mass is 10.1. The third-order valence-electron chi connectivity index (χ3n) is 3.94. The van der Waals surface area contributed by atoms with Gasteiger partial charge in [0.2, 0.25) is 0 Å². The highest BCUT2D eigenvalue weighted by Gasteiger charge is 2.09. The van der Waals surface area contributed by atoms with Crippen molar-refractivity contribution in [1.82, 2.24) is 10.7 Å². The highest BCUT2D eigenvalue weighted by Crippen LogP contribution is 2.16. The van der Waals surface area contributed by atoms with Gasteiger partial charge in [-0.05, 0) is 60.3 Å². The number of hydrogen-bond acceptors (Lipinski definition) is 6. The van der Waals surface area contributed by atoms with Crippen LogP contribution in [0.2, 0.25) is 0 Å². The second-order valence-corrected chi connectivity index (χ2v) is 7.23. The van der Waals surface area contributed by atoms with Gasteiger partial charge in [0.25, 0.3) is 11.8 Å². The lowest BCUT2D eigenvalue weighted by Gasteiger charge is -2.05. The van der Waals surface area contributed by atoms with E-state index in [2.05, 4.69) is 15.8 Å². The van der Waals surface area contributed by atoms with E-state index < -0.39 is 11.9 Å². The zero-order chi connectivity index (χ0) is 21.3. The number of thiophene rings is 1. The third-order valence-corrected chi connectivity index (χ3v) is 4.79. The Morgan fingerprint density at radius 3 is 2.43 bits per heavy atom. The summed E-state index contributed by atoms with van der Waals surface area (Å²) in [5.41, 5.74) is 4.58. The zero-order valence-corrected chi connectivity index (χ0v) is 16.9. The van der Waals surface area contributed by atoms with Crippen molar-refractivity contribution in [2.45, 2.75) is 6.92 Å². The number of benzene rings is 2. The highest BCUT2D eigenvalue weighted by atomic mass is 32.1. The topological polar surface area (TPSA) is 96.9 Å². The quantitative estimate of drug-likeness (QED) is 0.265. The van der Waals surface area contributed by atoms with Gasteiger partial charge in [0.1, 0.15) is 10.6 Å². The molecule has 2 aromatic carbocycles. The molecule has 0 saturated heterocycles. The smallest absolute Gasteiger partial charge is 0.353 e. The van der Waals surface area contributed by atoms with Crippen LogP contribution in [0.1, 0.15) is 31.2 Å². The molecular weight excluding hydrogens is 402 g/mol. The number of esters is 1. The minimum Gasteiger partial charge on any atom is -0.422 e. The number of carbonyl (C=O) groups excluding carboxylic acids is 3. The number of ether oxygens (including phenoxy) is 1. The number of carbonyl (C=O) groups is 3. The fourth-order valence-corrected chi connectivity index (χ4v) is 2.96. The van der Waals surface area contributed by atoms with E-state index in [1.807, 2.05) is 19.1 Å². The summed E-state index contributed by atoms with van der Waals surface area (Å²) in [6.45, 7) is 1.74. The Morgan fingerprint density at radius 1 is 1.03 bits per heavy atom. The molecule has 0 aliphatic carbocycles. The van der Waals surface area contributed by atoms with Gasteiger partial charge in [-0.25, -0.2) is 10.2 Å². The molecule has 0 aliphatic heterocycles. The molecule has 7 nitrogen and oxygen atoms in total. The molecule has 0 atom stereocenters. The van der Waals surface area contributed by atoms with Gasteiger partial charge in [-0.15, -0.1) is 11.3 Å². The van der Waals surface area contributed by atoms with Crippen molar-refractivity contribution in [2.75, 3.05) is 6.54 Å². The van der Waals surface area contributed by atoms with Crippen LogP contribution in [0, 0.1) is 6.92 Å². The third kappa shape index (κ3) is 6.11. The van der Waals surface area contributed by atoms with E-state index in [9.17, 15) is 14.4 Å². The highest BCUT2D eigenvalue weighted by molar-refractivity contribution is 7.12. The van der Waals surface area contributed by atoms with Gasteiger partial charge in [-0.1, -0.05) is 23.8 Å². The number of hydrogen-bond donors (Lipinski definition) is 2. The van der Waals surface area contributed by atoms with Gasteiger partial charge in [0.05, 0.1) is 12.8 Å². The number of hydrazone groups is 1. The minimum absolute atomic E-state index is 0.193. The Kier molecular flexibility index (Phi) is 7.07. The first-order valence-electron chi connectivity index (χ1n) is 9.04. The van der Waals surface area contributed by atoms with Gasteiger partial charge in [0, 0.05) is 5.56 Å². The summed E-state index contributed by atoms with van der Waals surface area (Å²) in [5.74, 6) is -0.783. The average molecular weight is 421 g/mol. The largest absolute Gasteiger partial charge is 0.422 e. The first-order chi connectivity index (χ1) is 14.5. The second kappa shape index (κ2) is 10.1. The molecule has 0 bridgehead atoms. The van der Waals surface area contributed by atoms with Crippen molar-refractivity contribution in [1.29, 1.82) is 0 Å². The van der Waals surface area contributed by atoms with Gasteiger partial charge >= 0.3 is 5.97 Å². The van der Waals surface area contributed by atoms with Crippen molar-refractivity contribution in [3.05, 3.63) is 87.6 Å². The lowest BCUT2D eigenvalue weighted by molar-refractivity contribution is -0.120. The maximum Gasteiger partial charge on any atom is 0.353 e. The molecule has 0 radical (unpaired) electrons. The molecule has 2 amide bonds. The molecule has 8 heteroatoms. The molecule has 3 aromatic rings. The van der Waals surface area contributed by atoms with Crippen molar-refractivity contribution in [2.24, 2.45) is 5.10 Å². The van der Waals surface area contributed by atoms with Crippen LogP contribution in [0.3, 0.4) is 0 Å². The first kappa shape index (κ1) is 20.9. The molecule has 2 N–H and O–H groups in total. The number of aryl methyl sites for hydroxylation is 1. The molecule has 0 saturated carbocycles. The molecule has 152 valence electrons. The fourth-order valence-electron chi connectivity index (χ4n) is 2.36. The van der Waals surface area contributed by atoms with Gasteiger partial charge < -0.3 is 10.1 Å². The molecular formula is C22H19N3O4S. The van der Waals surface area contributed by atoms with Crippen molar-refractivity contribution in [3.63, 3.8) is 0 Å². The summed E-state index contributed by atoms with van der Waals surface area (Å²) >= 11 is 1.31. The van der Waals surface area contributed by atoms with E-state index in [0.717, 1.165) is 5.56 Å². The monoisotopic (exact) mass is 421 g/mol. The van der Waals surface area contributed by atoms with Gasteiger partial charge in [-0.3, -0.25) is 9.59 Å². The Hall–Kier alpha value is -3.78. The van der Waals surface area contributed by atoms with Crippen LogP contribution >= 0.6 is 11.3 Å². The Balaban J connectivity index is 1.43. The van der Waals surface area contributed by atoms with Crippen LogP contribution < -0.4 is 15.5 Å². The maximum absolute atomic E-state index is 12.0. The molecule has 0 spiro atoms. The summed E-state index contributed by atoms with van der Waals surface area (Å²) in [4.78, 5) is 36.2. The van der Waals surface area contributed by atoms with E-state index in [0.29, 0.717) is 21.8 Å². The molecule has 30 heavy (non-hydrogen) atoms. The lowest BCUT2D eigenvalue weighted by Crippen LogP contribution is -2.34. The van der Waals surface area contributed by atoms with Crippen molar-refractivity contribution >= 4 is 35.3 Å². The van der Waals surface area contributed by atoms with Crippen LogP contribution in [0.4, 0.5) is 0 Å². The molecule has 0 fully saturated rings. The van der Waals surface area contributed by atoms with Crippen LogP contribution in [-0.4, -0.2) is 30.5 Å². The van der Waals surface area contributed by atoms with Crippen LogP contribution in [-0.2, 0) is 4.79 Å². The molecule has 1 heterocycles. The summed E-state index contributed by atoms with van der Waals surface area (Å²) in [5, 5.41) is 8.19. The zero-order valence-electron chi connectivity index (χ0n) is 16.1. The predicted octanol–water partition coefficient (Wildman–Crippen LogP) is 3.16. The normalized spacial score (nSPS) is 10.6. The van der Waals surface area contributed by atoms with Crippen molar-refractivity contribution < 1.29 is 19.1 Å². The predicted molar refractivity (Wildman–Crippen MR) is 115 cm³/mol. The number of amides is 2. The molecule has 3 rings (SSSR count). The van der Waals surface area contributed by atoms with Crippen LogP contribution in [0.25, 0.3) is 0 Å².